The number of esters is 4. The first kappa shape index (κ1) is 13.6. The number of hydrogen-bond donors (Lipinski definition) is 0. The molecule has 0 saturated heterocycles. The molecule has 2 aliphatic heterocycles. The lowest BCUT2D eigenvalue weighted by Gasteiger charge is -2.23. The van der Waals surface area contributed by atoms with E-state index in [-0.39, 0.29) is 44.3 Å². The van der Waals surface area contributed by atoms with Crippen molar-refractivity contribution >= 4 is 40.3 Å². The van der Waals surface area contributed by atoms with Crippen LogP contribution < -0.4 is 0 Å². The van der Waals surface area contributed by atoms with Crippen LogP contribution in [-0.4, -0.2) is 23.9 Å². The molecule has 4 rings (SSSR count). The van der Waals surface area contributed by atoms with Crippen molar-refractivity contribution in [3.8, 4) is 6.07 Å². The molecule has 0 unspecified atom stereocenters. The standard InChI is InChI=1S/C16H2N2O6/c1-18-8-3-7-10-9(15(21)23-14(7)20)5(4-17)2-6-11(10)12(8)16(22)24-13(6)19/h2-3H. The summed E-state index contributed by atoms with van der Waals surface area (Å²) in [5, 5.41) is 9.16. The van der Waals surface area contributed by atoms with E-state index in [2.05, 4.69) is 14.3 Å². The number of hydrogen-bond acceptors (Lipinski definition) is 7. The Balaban J connectivity index is 2.39. The maximum Gasteiger partial charge on any atom is 0.348 e. The number of rotatable bonds is 0. The average Bonchev–Trinajstić information content (AvgIpc) is 2.56. The molecule has 0 N–H and O–H groups in total. The second kappa shape index (κ2) is 4.24. The molecule has 0 radical (unpaired) electrons. The second-order valence-electron chi connectivity index (χ2n) is 4.99. The summed E-state index contributed by atoms with van der Waals surface area (Å²) < 4.78 is 9.20. The molecule has 2 aromatic rings. The number of nitriles is 1. The summed E-state index contributed by atoms with van der Waals surface area (Å²) in [5.74, 6) is -4.14. The van der Waals surface area contributed by atoms with Crippen molar-refractivity contribution in [1.29, 1.82) is 5.26 Å². The first-order chi connectivity index (χ1) is 11.5. The highest BCUT2D eigenvalue weighted by atomic mass is 16.6. The van der Waals surface area contributed by atoms with Crippen LogP contribution in [0.15, 0.2) is 12.1 Å². The molecule has 2 aliphatic rings. The van der Waals surface area contributed by atoms with Crippen LogP contribution in [0, 0.1) is 17.9 Å². The van der Waals surface area contributed by atoms with E-state index in [9.17, 15) is 24.4 Å². The van der Waals surface area contributed by atoms with Gasteiger partial charge in [0.05, 0.1) is 34.4 Å². The van der Waals surface area contributed by atoms with Crippen molar-refractivity contribution in [2.24, 2.45) is 0 Å². The molecular weight excluding hydrogens is 316 g/mol. The van der Waals surface area contributed by atoms with Gasteiger partial charge in [-0.1, -0.05) is 0 Å². The summed E-state index contributed by atoms with van der Waals surface area (Å²) in [6, 6.07) is 3.93. The fourth-order valence-corrected chi connectivity index (χ4v) is 2.92. The third-order valence-electron chi connectivity index (χ3n) is 3.84. The predicted octanol–water partition coefficient (Wildman–Crippen LogP) is 1.88. The topological polar surface area (TPSA) is 115 Å². The molecule has 0 saturated carbocycles. The van der Waals surface area contributed by atoms with Gasteiger partial charge in [0.1, 0.15) is 6.07 Å². The SMILES string of the molecule is [C-]#[N+]c1cc2c3c(c(C#N)cc4c3c1C(=O)OC4=O)C(=O)OC2=O. The van der Waals surface area contributed by atoms with Gasteiger partial charge in [-0.25, -0.2) is 24.0 Å². The summed E-state index contributed by atoms with van der Waals surface area (Å²) >= 11 is 0. The van der Waals surface area contributed by atoms with Gasteiger partial charge in [-0.15, -0.1) is 0 Å². The summed E-state index contributed by atoms with van der Waals surface area (Å²) in [4.78, 5) is 51.3. The van der Waals surface area contributed by atoms with Crippen LogP contribution in [0.5, 0.6) is 0 Å². The van der Waals surface area contributed by atoms with Crippen LogP contribution in [-0.2, 0) is 9.47 Å². The van der Waals surface area contributed by atoms with E-state index in [0.717, 1.165) is 12.1 Å². The summed E-state index contributed by atoms with van der Waals surface area (Å²) in [6.45, 7) is 7.19. The van der Waals surface area contributed by atoms with Crippen LogP contribution in [0.1, 0.15) is 47.0 Å². The minimum Gasteiger partial charge on any atom is -0.387 e. The van der Waals surface area contributed by atoms with E-state index in [1.165, 1.54) is 0 Å². The number of cyclic esters (lactones) is 4. The minimum atomic E-state index is -1.05. The lowest BCUT2D eigenvalue weighted by Crippen LogP contribution is -2.26. The Bertz CT molecular complexity index is 1060. The summed E-state index contributed by atoms with van der Waals surface area (Å²) in [5.41, 5.74) is -1.15. The van der Waals surface area contributed by atoms with Crippen molar-refractivity contribution in [3.63, 3.8) is 0 Å². The lowest BCUT2D eigenvalue weighted by molar-refractivity contribution is 0.0366. The molecule has 24 heavy (non-hydrogen) atoms. The minimum absolute atomic E-state index is 0.0428. The van der Waals surface area contributed by atoms with Crippen LogP contribution >= 0.6 is 0 Å². The van der Waals surface area contributed by atoms with Crippen LogP contribution in [0.25, 0.3) is 15.6 Å². The van der Waals surface area contributed by atoms with E-state index in [1.807, 2.05) is 0 Å². The highest BCUT2D eigenvalue weighted by molar-refractivity contribution is 6.31. The highest BCUT2D eigenvalue weighted by Crippen LogP contribution is 2.42. The molecule has 2 heterocycles. The van der Waals surface area contributed by atoms with Gasteiger partial charge in [-0.05, 0) is 12.1 Å². The molecular formula is C16H2N2O6. The largest absolute Gasteiger partial charge is 0.387 e. The Morgan fingerprint density at radius 1 is 0.875 bits per heavy atom. The molecule has 0 fully saturated rings. The second-order valence-corrected chi connectivity index (χ2v) is 4.99. The lowest BCUT2D eigenvalue weighted by atomic mass is 9.86. The highest BCUT2D eigenvalue weighted by Gasteiger charge is 2.39. The molecule has 0 spiro atoms. The first-order valence-corrected chi connectivity index (χ1v) is 6.46. The van der Waals surface area contributed by atoms with Gasteiger partial charge >= 0.3 is 23.9 Å². The van der Waals surface area contributed by atoms with Crippen LogP contribution in [0.2, 0.25) is 0 Å². The van der Waals surface area contributed by atoms with E-state index in [4.69, 9.17) is 6.57 Å². The normalized spacial score (nSPS) is 14.8. The number of carbonyl (C=O) groups is 4. The van der Waals surface area contributed by atoms with Crippen molar-refractivity contribution < 1.29 is 28.7 Å². The summed E-state index contributed by atoms with van der Waals surface area (Å²) in [7, 11) is 0. The van der Waals surface area contributed by atoms with E-state index in [1.54, 1.807) is 6.07 Å². The molecule has 8 nitrogen and oxygen atoms in total. The van der Waals surface area contributed by atoms with Gasteiger partial charge in [0.2, 0.25) is 5.69 Å². The number of benzene rings is 2. The van der Waals surface area contributed by atoms with Crippen molar-refractivity contribution in [3.05, 3.63) is 51.4 Å². The maximum atomic E-state index is 12.1. The Labute approximate surface area is 132 Å². The molecule has 0 aromatic heterocycles. The van der Waals surface area contributed by atoms with Gasteiger partial charge < -0.3 is 9.47 Å². The summed E-state index contributed by atoms with van der Waals surface area (Å²) in [6.07, 6.45) is 0. The van der Waals surface area contributed by atoms with Gasteiger partial charge in [-0.2, -0.15) is 5.26 Å². The number of ether oxygens (including phenoxy) is 2. The third kappa shape index (κ3) is 1.44. The zero-order valence-electron chi connectivity index (χ0n) is 11.5. The molecule has 0 amide bonds. The third-order valence-corrected chi connectivity index (χ3v) is 3.84. The Kier molecular flexibility index (Phi) is 2.41. The number of carbonyl (C=O) groups excluding carboxylic acids is 4. The van der Waals surface area contributed by atoms with Crippen molar-refractivity contribution in [1.82, 2.24) is 0 Å². The van der Waals surface area contributed by atoms with E-state index >= 15 is 0 Å². The fraction of sp³-hybridized carbons (Fsp3) is 0. The monoisotopic (exact) mass is 318 g/mol. The predicted molar refractivity (Wildman–Crippen MR) is 74.4 cm³/mol. The van der Waals surface area contributed by atoms with Crippen LogP contribution in [0.3, 0.4) is 0 Å². The molecule has 0 aliphatic carbocycles. The zero-order chi connectivity index (χ0) is 17.2. The van der Waals surface area contributed by atoms with Crippen molar-refractivity contribution in [2.75, 3.05) is 0 Å². The quantitative estimate of drug-likeness (QED) is 0.414. The number of nitrogens with zero attached hydrogens (tertiary/aromatic N) is 2. The van der Waals surface area contributed by atoms with Crippen LogP contribution in [0.4, 0.5) is 5.69 Å². The van der Waals surface area contributed by atoms with E-state index < -0.39 is 23.9 Å². The smallest absolute Gasteiger partial charge is 0.348 e. The Morgan fingerprint density at radius 2 is 1.42 bits per heavy atom. The maximum absolute atomic E-state index is 12.1. The zero-order valence-corrected chi connectivity index (χ0v) is 11.5. The first-order valence-electron chi connectivity index (χ1n) is 6.46. The Hall–Kier alpha value is -4.04. The molecule has 0 bridgehead atoms. The van der Waals surface area contributed by atoms with Crippen molar-refractivity contribution in [2.45, 2.75) is 0 Å². The Morgan fingerprint density at radius 3 is 2.00 bits per heavy atom. The average molecular weight is 318 g/mol. The van der Waals surface area contributed by atoms with E-state index in [0.29, 0.717) is 0 Å². The molecule has 112 valence electrons. The fourth-order valence-electron chi connectivity index (χ4n) is 2.92. The molecule has 8 heteroatoms. The van der Waals surface area contributed by atoms with Gasteiger partial charge in [0.15, 0.2) is 0 Å². The molecule has 0 atom stereocenters. The molecule has 2 aromatic carbocycles. The van der Waals surface area contributed by atoms with Gasteiger partial charge in [0.25, 0.3) is 0 Å². The van der Waals surface area contributed by atoms with Gasteiger partial charge in [-0.3, -0.25) is 0 Å². The van der Waals surface area contributed by atoms with Gasteiger partial charge in [0, 0.05) is 10.8 Å².